The molecule has 0 bridgehead atoms. The Balaban J connectivity index is 2.39. The van der Waals surface area contributed by atoms with E-state index in [0.29, 0.717) is 30.8 Å². The molecule has 29 heavy (non-hydrogen) atoms. The summed E-state index contributed by atoms with van der Waals surface area (Å²) in [4.78, 5) is 25.5. The Morgan fingerprint density at radius 1 is 1.00 bits per heavy atom. The van der Waals surface area contributed by atoms with Crippen molar-refractivity contribution in [3.05, 3.63) is 23.8 Å². The molecule has 2 amide bonds. The molecule has 0 heterocycles. The van der Waals surface area contributed by atoms with Crippen molar-refractivity contribution in [1.29, 1.82) is 0 Å². The van der Waals surface area contributed by atoms with Crippen molar-refractivity contribution in [1.82, 2.24) is 5.32 Å². The quantitative estimate of drug-likeness (QED) is 0.267. The summed E-state index contributed by atoms with van der Waals surface area (Å²) in [7, 11) is 1.60. The fourth-order valence-electron chi connectivity index (χ4n) is 3.12. The van der Waals surface area contributed by atoms with Gasteiger partial charge in [-0.25, -0.2) is 0 Å². The first kappa shape index (κ1) is 25.5. The molecule has 1 aromatic rings. The highest BCUT2D eigenvalue weighted by atomic mass is 32.2. The molecule has 2 N–H and O–H groups in total. The molecule has 0 aromatic heterocycles. The van der Waals surface area contributed by atoms with E-state index in [1.165, 1.54) is 44.9 Å². The molecule has 0 aliphatic rings. The summed E-state index contributed by atoms with van der Waals surface area (Å²) in [5, 5.41) is 5.79. The highest BCUT2D eigenvalue weighted by molar-refractivity contribution is 7.98. The maximum absolute atomic E-state index is 12.3. The monoisotopic (exact) mass is 422 g/mol. The van der Waals surface area contributed by atoms with Gasteiger partial charge in [0.15, 0.2) is 0 Å². The van der Waals surface area contributed by atoms with Crippen LogP contribution in [0.5, 0.6) is 0 Å². The van der Waals surface area contributed by atoms with Gasteiger partial charge in [-0.3, -0.25) is 9.59 Å². The van der Waals surface area contributed by atoms with E-state index >= 15 is 0 Å². The van der Waals surface area contributed by atoms with E-state index in [2.05, 4.69) is 17.6 Å². The average molecular weight is 423 g/mol. The van der Waals surface area contributed by atoms with Crippen molar-refractivity contribution < 1.29 is 14.3 Å². The van der Waals surface area contributed by atoms with Crippen molar-refractivity contribution in [2.45, 2.75) is 76.0 Å². The maximum atomic E-state index is 12.3. The number of ether oxygens (including phenoxy) is 1. The number of hydrogen-bond acceptors (Lipinski definition) is 4. The molecule has 0 spiro atoms. The van der Waals surface area contributed by atoms with Crippen LogP contribution in [-0.2, 0) is 9.53 Å². The van der Waals surface area contributed by atoms with Crippen LogP contribution in [0.25, 0.3) is 0 Å². The van der Waals surface area contributed by atoms with Gasteiger partial charge in [-0.05, 0) is 30.9 Å². The third kappa shape index (κ3) is 11.3. The summed E-state index contributed by atoms with van der Waals surface area (Å²) in [6.07, 6.45) is 13.6. The number of unbranched alkanes of at least 4 members (excludes halogenated alkanes) is 8. The molecule has 0 unspecified atom stereocenters. The molecule has 5 nitrogen and oxygen atoms in total. The molecule has 0 saturated heterocycles. The lowest BCUT2D eigenvalue weighted by atomic mass is 10.1. The first-order valence-electron chi connectivity index (χ1n) is 10.9. The summed E-state index contributed by atoms with van der Waals surface area (Å²) in [5.41, 5.74) is 1.25. The van der Waals surface area contributed by atoms with Gasteiger partial charge in [-0.15, -0.1) is 11.8 Å². The van der Waals surface area contributed by atoms with Crippen LogP contribution in [-0.4, -0.2) is 38.3 Å². The SMILES string of the molecule is CCCCCCCCCCCC(=O)Nc1cc(C(=O)NCCOC)ccc1SC. The minimum absolute atomic E-state index is 0.0141. The standard InChI is InChI=1S/C23H38N2O3S/c1-4-5-6-7-8-9-10-11-12-13-22(26)25-20-18-19(14-15-21(20)29-3)23(27)24-16-17-28-2/h14-15,18H,4-13,16-17H2,1-3H3,(H,24,27)(H,25,26). The second-order valence-electron chi connectivity index (χ2n) is 7.29. The number of thioether (sulfide) groups is 1. The summed E-state index contributed by atoms with van der Waals surface area (Å²) < 4.78 is 4.95. The molecule has 6 heteroatoms. The van der Waals surface area contributed by atoms with Gasteiger partial charge in [0.05, 0.1) is 12.3 Å². The smallest absolute Gasteiger partial charge is 0.251 e. The number of rotatable bonds is 16. The number of carbonyl (C=O) groups is 2. The molecular weight excluding hydrogens is 384 g/mol. The zero-order valence-corrected chi connectivity index (χ0v) is 19.2. The van der Waals surface area contributed by atoms with Gasteiger partial charge in [-0.1, -0.05) is 58.3 Å². The summed E-state index contributed by atoms with van der Waals surface area (Å²) in [5.74, 6) is -0.149. The molecule has 0 atom stereocenters. The van der Waals surface area contributed by atoms with Crippen LogP contribution in [0, 0.1) is 0 Å². The van der Waals surface area contributed by atoms with Gasteiger partial charge < -0.3 is 15.4 Å². The number of amides is 2. The van der Waals surface area contributed by atoms with Crippen molar-refractivity contribution >= 4 is 29.3 Å². The van der Waals surface area contributed by atoms with Crippen LogP contribution < -0.4 is 10.6 Å². The van der Waals surface area contributed by atoms with Crippen LogP contribution >= 0.6 is 11.8 Å². The number of nitrogens with one attached hydrogen (secondary N) is 2. The lowest BCUT2D eigenvalue weighted by molar-refractivity contribution is -0.116. The van der Waals surface area contributed by atoms with Crippen molar-refractivity contribution in [3.8, 4) is 0 Å². The van der Waals surface area contributed by atoms with E-state index in [-0.39, 0.29) is 11.8 Å². The second kappa shape index (κ2) is 16.3. The Morgan fingerprint density at radius 2 is 1.66 bits per heavy atom. The fourth-order valence-corrected chi connectivity index (χ4v) is 3.66. The maximum Gasteiger partial charge on any atom is 0.251 e. The highest BCUT2D eigenvalue weighted by Gasteiger charge is 2.11. The Labute approximate surface area is 180 Å². The molecule has 0 saturated carbocycles. The van der Waals surface area contributed by atoms with Gasteiger partial charge in [0.25, 0.3) is 5.91 Å². The van der Waals surface area contributed by atoms with Crippen LogP contribution in [0.3, 0.4) is 0 Å². The predicted molar refractivity (Wildman–Crippen MR) is 123 cm³/mol. The largest absolute Gasteiger partial charge is 0.383 e. The Morgan fingerprint density at radius 3 is 2.28 bits per heavy atom. The lowest BCUT2D eigenvalue weighted by Gasteiger charge is -2.12. The third-order valence-corrected chi connectivity index (χ3v) is 5.63. The fraction of sp³-hybridized carbons (Fsp3) is 0.652. The second-order valence-corrected chi connectivity index (χ2v) is 8.14. The van der Waals surface area contributed by atoms with Crippen LogP contribution in [0.15, 0.2) is 23.1 Å². The highest BCUT2D eigenvalue weighted by Crippen LogP contribution is 2.27. The molecular formula is C23H38N2O3S. The Bertz CT molecular complexity index is 608. The van der Waals surface area contributed by atoms with Gasteiger partial charge in [-0.2, -0.15) is 0 Å². The van der Waals surface area contributed by atoms with Gasteiger partial charge in [0.1, 0.15) is 0 Å². The summed E-state index contributed by atoms with van der Waals surface area (Å²) in [6.45, 7) is 3.16. The van der Waals surface area contributed by atoms with Crippen molar-refractivity contribution in [3.63, 3.8) is 0 Å². The zero-order valence-electron chi connectivity index (χ0n) is 18.4. The average Bonchev–Trinajstić information content (AvgIpc) is 2.72. The van der Waals surface area contributed by atoms with Gasteiger partial charge >= 0.3 is 0 Å². The number of methoxy groups -OCH3 is 1. The number of anilines is 1. The topological polar surface area (TPSA) is 67.4 Å². The van der Waals surface area contributed by atoms with E-state index < -0.39 is 0 Å². The number of hydrogen-bond donors (Lipinski definition) is 2. The number of carbonyl (C=O) groups excluding carboxylic acids is 2. The van der Waals surface area contributed by atoms with E-state index in [1.807, 2.05) is 12.3 Å². The Kier molecular flexibility index (Phi) is 14.3. The first-order valence-corrected chi connectivity index (χ1v) is 12.1. The molecule has 0 radical (unpaired) electrons. The third-order valence-electron chi connectivity index (χ3n) is 4.83. The molecule has 0 aliphatic heterocycles. The molecule has 0 fully saturated rings. The van der Waals surface area contributed by atoms with Crippen molar-refractivity contribution in [2.75, 3.05) is 31.8 Å². The van der Waals surface area contributed by atoms with Crippen LogP contribution in [0.2, 0.25) is 0 Å². The molecule has 0 aliphatic carbocycles. The van der Waals surface area contributed by atoms with Gasteiger partial charge in [0.2, 0.25) is 5.91 Å². The summed E-state index contributed by atoms with van der Waals surface area (Å²) >= 11 is 1.56. The van der Waals surface area contributed by atoms with E-state index in [0.717, 1.165) is 17.7 Å². The van der Waals surface area contributed by atoms with Crippen molar-refractivity contribution in [2.24, 2.45) is 0 Å². The Hall–Kier alpha value is -1.53. The first-order chi connectivity index (χ1) is 14.1. The van der Waals surface area contributed by atoms with Gasteiger partial charge in [0, 0.05) is 30.5 Å². The minimum Gasteiger partial charge on any atom is -0.383 e. The van der Waals surface area contributed by atoms with E-state index in [4.69, 9.17) is 4.74 Å². The normalized spacial score (nSPS) is 10.7. The van der Waals surface area contributed by atoms with Crippen LogP contribution in [0.4, 0.5) is 5.69 Å². The minimum atomic E-state index is -0.163. The zero-order chi connectivity index (χ0) is 21.3. The van der Waals surface area contributed by atoms with Crippen LogP contribution in [0.1, 0.15) is 81.5 Å². The molecule has 164 valence electrons. The molecule has 1 aromatic carbocycles. The van der Waals surface area contributed by atoms with E-state index in [1.54, 1.807) is 31.0 Å². The predicted octanol–water partition coefficient (Wildman–Crippen LogP) is 5.64. The lowest BCUT2D eigenvalue weighted by Crippen LogP contribution is -2.27. The summed E-state index contributed by atoms with van der Waals surface area (Å²) in [6, 6.07) is 5.41. The van der Waals surface area contributed by atoms with E-state index in [9.17, 15) is 9.59 Å². The molecule has 1 rings (SSSR count). The number of benzene rings is 1.